The van der Waals surface area contributed by atoms with Crippen molar-refractivity contribution in [3.05, 3.63) is 80.4 Å². The molecule has 0 radical (unpaired) electrons. The number of aryl methyl sites for hydroxylation is 1. The van der Waals surface area contributed by atoms with Gasteiger partial charge in [-0.25, -0.2) is 9.37 Å². The highest BCUT2D eigenvalue weighted by Gasteiger charge is 2.32. The maximum atomic E-state index is 13.3. The van der Waals surface area contributed by atoms with Crippen molar-refractivity contribution in [2.45, 2.75) is 26.8 Å². The van der Waals surface area contributed by atoms with Crippen molar-refractivity contribution in [1.29, 1.82) is 0 Å². The molecule has 0 aliphatic carbocycles. The summed E-state index contributed by atoms with van der Waals surface area (Å²) in [5, 5.41) is 3.20. The average Bonchev–Trinajstić information content (AvgIpc) is 3.03. The molecule has 1 aliphatic heterocycles. The highest BCUT2D eigenvalue weighted by atomic mass is 32.2. The third kappa shape index (κ3) is 4.44. The first kappa shape index (κ1) is 22.2. The van der Waals surface area contributed by atoms with Gasteiger partial charge >= 0.3 is 0 Å². The molecule has 1 aliphatic rings. The minimum atomic E-state index is -0.342. The fourth-order valence-corrected chi connectivity index (χ4v) is 4.54. The Kier molecular flexibility index (Phi) is 6.38. The Bertz CT molecular complexity index is 1300. The highest BCUT2D eigenvalue weighted by Crippen LogP contribution is 2.34. The van der Waals surface area contributed by atoms with Gasteiger partial charge in [0.1, 0.15) is 21.6 Å². The second-order valence-corrected chi connectivity index (χ2v) is 9.11. The minimum absolute atomic E-state index is 0.234. The van der Waals surface area contributed by atoms with E-state index in [9.17, 15) is 14.0 Å². The van der Waals surface area contributed by atoms with E-state index in [-0.39, 0.29) is 23.8 Å². The zero-order chi connectivity index (χ0) is 22.8. The van der Waals surface area contributed by atoms with Crippen molar-refractivity contribution in [2.24, 2.45) is 0 Å². The zero-order valence-electron chi connectivity index (χ0n) is 17.6. The van der Waals surface area contributed by atoms with Crippen LogP contribution < -0.4 is 10.9 Å². The van der Waals surface area contributed by atoms with Crippen molar-refractivity contribution in [3.8, 4) is 0 Å². The van der Waals surface area contributed by atoms with Crippen LogP contribution in [0.15, 0.2) is 52.3 Å². The molecule has 9 heteroatoms. The molecule has 1 saturated heterocycles. The number of anilines is 1. The summed E-state index contributed by atoms with van der Waals surface area (Å²) >= 11 is 6.54. The number of aromatic nitrogens is 2. The van der Waals surface area contributed by atoms with E-state index in [1.807, 2.05) is 19.9 Å². The lowest BCUT2D eigenvalue weighted by Crippen LogP contribution is -2.27. The van der Waals surface area contributed by atoms with E-state index in [0.29, 0.717) is 32.8 Å². The molecule has 0 unspecified atom stereocenters. The Hall–Kier alpha value is -3.04. The number of carbonyl (C=O) groups is 1. The molecular weight excluding hydrogens is 447 g/mol. The molecule has 1 fully saturated rings. The standard InChI is InChI=1S/C23H21FN4O2S2/c1-3-10-25-20-17(21(29)27-12-14(2)4-9-19(27)26-20)11-18-22(30)28(23(31)32-18)13-15-5-7-16(24)8-6-15/h4-9,11-12,25H,3,10,13H2,1-2H3. The van der Waals surface area contributed by atoms with E-state index < -0.39 is 0 Å². The summed E-state index contributed by atoms with van der Waals surface area (Å²) in [6.07, 6.45) is 4.14. The highest BCUT2D eigenvalue weighted by molar-refractivity contribution is 8.26. The van der Waals surface area contributed by atoms with Crippen molar-refractivity contribution < 1.29 is 9.18 Å². The van der Waals surface area contributed by atoms with E-state index in [0.717, 1.165) is 29.3 Å². The summed E-state index contributed by atoms with van der Waals surface area (Å²) < 4.78 is 15.1. The SMILES string of the molecule is CCCNc1nc2ccc(C)cn2c(=O)c1C=C1SC(=S)N(Cc2ccc(F)cc2)C1=O. The van der Waals surface area contributed by atoms with Gasteiger partial charge in [-0.2, -0.15) is 0 Å². The van der Waals surface area contributed by atoms with Crippen LogP contribution in [-0.2, 0) is 11.3 Å². The number of hydrogen-bond acceptors (Lipinski definition) is 6. The minimum Gasteiger partial charge on any atom is -0.369 e. The molecule has 1 N–H and O–H groups in total. The van der Waals surface area contributed by atoms with Crippen molar-refractivity contribution in [2.75, 3.05) is 11.9 Å². The van der Waals surface area contributed by atoms with Gasteiger partial charge in [-0.3, -0.25) is 18.9 Å². The normalized spacial score (nSPS) is 15.2. The molecule has 0 spiro atoms. The molecule has 164 valence electrons. The topological polar surface area (TPSA) is 66.7 Å². The number of rotatable bonds is 6. The summed E-state index contributed by atoms with van der Waals surface area (Å²) in [7, 11) is 0. The van der Waals surface area contributed by atoms with E-state index >= 15 is 0 Å². The zero-order valence-corrected chi connectivity index (χ0v) is 19.2. The first-order chi connectivity index (χ1) is 15.4. The van der Waals surface area contributed by atoms with Crippen molar-refractivity contribution in [3.63, 3.8) is 0 Å². The molecule has 3 aromatic rings. The summed E-state index contributed by atoms with van der Waals surface area (Å²) in [4.78, 5) is 32.8. The van der Waals surface area contributed by atoms with Gasteiger partial charge in [0.15, 0.2) is 0 Å². The Labute approximate surface area is 194 Å². The van der Waals surface area contributed by atoms with Gasteiger partial charge in [-0.15, -0.1) is 0 Å². The molecule has 0 atom stereocenters. The molecule has 0 bridgehead atoms. The number of carbonyl (C=O) groups excluding carboxylic acids is 1. The lowest BCUT2D eigenvalue weighted by Gasteiger charge is -2.14. The molecule has 1 aromatic carbocycles. The van der Waals surface area contributed by atoms with Gasteiger partial charge in [0.25, 0.3) is 11.5 Å². The van der Waals surface area contributed by atoms with E-state index in [2.05, 4.69) is 10.3 Å². The predicted octanol–water partition coefficient (Wildman–Crippen LogP) is 4.37. The Morgan fingerprint density at radius 3 is 2.66 bits per heavy atom. The maximum Gasteiger partial charge on any atom is 0.267 e. The molecule has 1 amide bonds. The molecule has 32 heavy (non-hydrogen) atoms. The van der Waals surface area contributed by atoms with Crippen LogP contribution in [0.25, 0.3) is 11.7 Å². The van der Waals surface area contributed by atoms with Crippen molar-refractivity contribution >= 4 is 51.7 Å². The Morgan fingerprint density at radius 1 is 1.19 bits per heavy atom. The van der Waals surface area contributed by atoms with Gasteiger partial charge in [0.05, 0.1) is 17.0 Å². The fraction of sp³-hybridized carbons (Fsp3) is 0.217. The third-order valence-electron chi connectivity index (χ3n) is 4.95. The summed E-state index contributed by atoms with van der Waals surface area (Å²) in [5.41, 5.74) is 2.26. The van der Waals surface area contributed by atoms with E-state index in [1.54, 1.807) is 30.5 Å². The Morgan fingerprint density at radius 2 is 1.94 bits per heavy atom. The van der Waals surface area contributed by atoms with Gasteiger partial charge < -0.3 is 5.32 Å². The maximum absolute atomic E-state index is 13.3. The number of nitrogens with one attached hydrogen (secondary N) is 1. The van der Waals surface area contributed by atoms with Crippen LogP contribution in [-0.4, -0.2) is 31.1 Å². The molecule has 4 rings (SSSR count). The second-order valence-electron chi connectivity index (χ2n) is 7.43. The smallest absolute Gasteiger partial charge is 0.267 e. The summed E-state index contributed by atoms with van der Waals surface area (Å²) in [6, 6.07) is 9.61. The van der Waals surface area contributed by atoms with Crippen LogP contribution in [0.1, 0.15) is 30.0 Å². The largest absolute Gasteiger partial charge is 0.369 e. The van der Waals surface area contributed by atoms with Crippen LogP contribution in [0.3, 0.4) is 0 Å². The molecular formula is C23H21FN4O2S2. The van der Waals surface area contributed by atoms with Gasteiger partial charge in [-0.05, 0) is 48.7 Å². The van der Waals surface area contributed by atoms with Crippen LogP contribution in [0.4, 0.5) is 10.2 Å². The van der Waals surface area contributed by atoms with Crippen LogP contribution in [0.5, 0.6) is 0 Å². The number of thiocarbonyl (C=S) groups is 1. The number of benzene rings is 1. The molecule has 3 heterocycles. The monoisotopic (exact) mass is 468 g/mol. The van der Waals surface area contributed by atoms with Gasteiger partial charge in [0.2, 0.25) is 0 Å². The first-order valence-corrected chi connectivity index (χ1v) is 11.4. The van der Waals surface area contributed by atoms with Gasteiger partial charge in [-0.1, -0.05) is 49.1 Å². The Balaban J connectivity index is 1.73. The lowest BCUT2D eigenvalue weighted by molar-refractivity contribution is -0.122. The van der Waals surface area contributed by atoms with Crippen LogP contribution in [0.2, 0.25) is 0 Å². The van der Waals surface area contributed by atoms with Crippen molar-refractivity contribution in [1.82, 2.24) is 14.3 Å². The predicted molar refractivity (Wildman–Crippen MR) is 130 cm³/mol. The van der Waals surface area contributed by atoms with E-state index in [4.69, 9.17) is 12.2 Å². The third-order valence-corrected chi connectivity index (χ3v) is 6.33. The number of pyridine rings is 1. The molecule has 2 aromatic heterocycles. The lowest BCUT2D eigenvalue weighted by atomic mass is 10.2. The summed E-state index contributed by atoms with van der Waals surface area (Å²) in [5.74, 6) is -0.199. The number of fused-ring (bicyclic) bond motifs is 1. The fourth-order valence-electron chi connectivity index (χ4n) is 3.31. The quantitative estimate of drug-likeness (QED) is 0.428. The molecule has 6 nitrogen and oxygen atoms in total. The van der Waals surface area contributed by atoms with Gasteiger partial charge in [0, 0.05) is 12.7 Å². The van der Waals surface area contributed by atoms with Crippen LogP contribution in [0, 0.1) is 12.7 Å². The number of amides is 1. The van der Waals surface area contributed by atoms with Crippen LogP contribution >= 0.6 is 24.0 Å². The van der Waals surface area contributed by atoms with E-state index in [1.165, 1.54) is 21.4 Å². The first-order valence-electron chi connectivity index (χ1n) is 10.1. The number of hydrogen-bond donors (Lipinski definition) is 1. The average molecular weight is 469 g/mol. The number of halogens is 1. The second kappa shape index (κ2) is 9.22. The number of thioether (sulfide) groups is 1. The molecule has 0 saturated carbocycles. The summed E-state index contributed by atoms with van der Waals surface area (Å²) in [6.45, 7) is 4.79. The number of nitrogens with zero attached hydrogens (tertiary/aromatic N) is 3.